The van der Waals surface area contributed by atoms with Gasteiger partial charge in [-0.3, -0.25) is 9.79 Å². The number of carbonyl (C=O) groups excluding carboxylic acids is 1. The van der Waals surface area contributed by atoms with Gasteiger partial charge in [-0.05, 0) is 51.3 Å². The van der Waals surface area contributed by atoms with E-state index in [4.69, 9.17) is 4.52 Å². The number of aryl methyl sites for hydroxylation is 2. The molecule has 2 aromatic rings. The molecule has 0 spiro atoms. The van der Waals surface area contributed by atoms with Crippen LogP contribution in [0.3, 0.4) is 0 Å². The van der Waals surface area contributed by atoms with Crippen LogP contribution in [0.25, 0.3) is 0 Å². The summed E-state index contributed by atoms with van der Waals surface area (Å²) >= 11 is 0. The lowest BCUT2D eigenvalue weighted by Gasteiger charge is -2.13. The molecule has 0 atom stereocenters. The molecule has 0 radical (unpaired) electrons. The normalized spacial score (nSPS) is 11.4. The van der Waals surface area contributed by atoms with E-state index in [1.807, 2.05) is 45.0 Å². The molecule has 0 aliphatic carbocycles. The summed E-state index contributed by atoms with van der Waals surface area (Å²) in [6, 6.07) is 7.76. The smallest absolute Gasteiger partial charge is 0.253 e. The highest BCUT2D eigenvalue weighted by Gasteiger charge is 2.09. The molecule has 7 nitrogen and oxygen atoms in total. The van der Waals surface area contributed by atoms with Gasteiger partial charge in [0.25, 0.3) is 5.91 Å². The highest BCUT2D eigenvalue weighted by Crippen LogP contribution is 2.12. The van der Waals surface area contributed by atoms with Crippen LogP contribution in [0.2, 0.25) is 0 Å². The molecule has 152 valence electrons. The Morgan fingerprint density at radius 1 is 1.21 bits per heavy atom. The van der Waals surface area contributed by atoms with Gasteiger partial charge in [0.2, 0.25) is 0 Å². The first-order valence-corrected chi connectivity index (χ1v) is 9.66. The van der Waals surface area contributed by atoms with Crippen molar-refractivity contribution in [1.82, 2.24) is 20.7 Å². The minimum absolute atomic E-state index is 0.0176. The maximum Gasteiger partial charge on any atom is 0.253 e. The number of amides is 1. The third-order valence-corrected chi connectivity index (χ3v) is 4.44. The quantitative estimate of drug-likeness (QED) is 0.538. The fourth-order valence-electron chi connectivity index (χ4n) is 2.92. The van der Waals surface area contributed by atoms with E-state index in [0.717, 1.165) is 54.5 Å². The number of aliphatic imine (C=N–C) groups is 1. The molecular weight excluding hydrogens is 354 g/mol. The van der Waals surface area contributed by atoms with Crippen molar-refractivity contribution in [2.75, 3.05) is 33.7 Å². The molecule has 2 N–H and O–H groups in total. The number of nitrogens with zero attached hydrogens (tertiary/aromatic N) is 3. The molecule has 0 fully saturated rings. The van der Waals surface area contributed by atoms with E-state index >= 15 is 0 Å². The van der Waals surface area contributed by atoms with Crippen molar-refractivity contribution in [2.24, 2.45) is 4.99 Å². The Kier molecular flexibility index (Phi) is 8.04. The first-order chi connectivity index (χ1) is 13.4. The Morgan fingerprint density at radius 2 is 2.00 bits per heavy atom. The number of hydrogen-bond acceptors (Lipinski definition) is 4. The number of rotatable bonds is 8. The van der Waals surface area contributed by atoms with Crippen LogP contribution in [0.4, 0.5) is 0 Å². The summed E-state index contributed by atoms with van der Waals surface area (Å²) < 4.78 is 5.20. The van der Waals surface area contributed by atoms with Crippen molar-refractivity contribution in [3.8, 4) is 0 Å². The maximum absolute atomic E-state index is 12.1. The van der Waals surface area contributed by atoms with Crippen LogP contribution in [0.5, 0.6) is 0 Å². The largest absolute Gasteiger partial charge is 0.361 e. The van der Waals surface area contributed by atoms with Crippen molar-refractivity contribution in [2.45, 2.75) is 33.6 Å². The fraction of sp³-hybridized carbons (Fsp3) is 0.476. The maximum atomic E-state index is 12.1. The van der Waals surface area contributed by atoms with Gasteiger partial charge in [0, 0.05) is 44.9 Å². The lowest BCUT2D eigenvalue weighted by molar-refractivity contribution is 0.0827. The Hall–Kier alpha value is -2.83. The second-order valence-electron chi connectivity index (χ2n) is 6.89. The number of guanidine groups is 1. The first kappa shape index (κ1) is 21.5. The topological polar surface area (TPSA) is 82.8 Å². The Labute approximate surface area is 167 Å². The van der Waals surface area contributed by atoms with Gasteiger partial charge in [-0.15, -0.1) is 0 Å². The zero-order valence-electron chi connectivity index (χ0n) is 17.5. The van der Waals surface area contributed by atoms with Crippen molar-refractivity contribution >= 4 is 11.9 Å². The summed E-state index contributed by atoms with van der Waals surface area (Å²) in [5.74, 6) is 1.66. The predicted molar refractivity (Wildman–Crippen MR) is 112 cm³/mol. The molecule has 1 heterocycles. The summed E-state index contributed by atoms with van der Waals surface area (Å²) in [5, 5.41) is 10.6. The average Bonchev–Trinajstić information content (AvgIpc) is 2.99. The Balaban J connectivity index is 1.89. The molecule has 0 saturated heterocycles. The van der Waals surface area contributed by atoms with E-state index in [1.54, 1.807) is 19.0 Å². The van der Waals surface area contributed by atoms with Crippen molar-refractivity contribution in [1.29, 1.82) is 0 Å². The van der Waals surface area contributed by atoms with Crippen molar-refractivity contribution in [3.63, 3.8) is 0 Å². The van der Waals surface area contributed by atoms with Gasteiger partial charge < -0.3 is 20.1 Å². The molecular formula is C21H31N5O2. The zero-order chi connectivity index (χ0) is 20.5. The van der Waals surface area contributed by atoms with Crippen LogP contribution < -0.4 is 10.6 Å². The minimum atomic E-state index is 0.0176. The number of hydrogen-bond donors (Lipinski definition) is 2. The first-order valence-electron chi connectivity index (χ1n) is 9.66. The van der Waals surface area contributed by atoms with Crippen LogP contribution in [-0.4, -0.2) is 55.7 Å². The Bertz CT molecular complexity index is 791. The van der Waals surface area contributed by atoms with Crippen molar-refractivity contribution < 1.29 is 9.32 Å². The third-order valence-electron chi connectivity index (χ3n) is 4.44. The molecule has 0 bridgehead atoms. The molecule has 1 amide bonds. The second-order valence-corrected chi connectivity index (χ2v) is 6.89. The molecule has 7 heteroatoms. The predicted octanol–water partition coefficient (Wildman–Crippen LogP) is 2.33. The molecule has 0 aliphatic rings. The molecule has 1 aromatic heterocycles. The van der Waals surface area contributed by atoms with E-state index < -0.39 is 0 Å². The molecule has 0 unspecified atom stereocenters. The lowest BCUT2D eigenvalue weighted by Crippen LogP contribution is -2.38. The number of aromatic nitrogens is 1. The SMILES string of the molecule is CCNC(=NCCc1c(C)noc1C)NCCc1cccc(C(=O)N(C)C)c1. The summed E-state index contributed by atoms with van der Waals surface area (Å²) in [4.78, 5) is 18.3. The van der Waals surface area contributed by atoms with Gasteiger partial charge in [-0.25, -0.2) is 0 Å². The molecule has 0 aliphatic heterocycles. The zero-order valence-corrected chi connectivity index (χ0v) is 17.5. The minimum Gasteiger partial charge on any atom is -0.361 e. The van der Waals surface area contributed by atoms with Crippen LogP contribution >= 0.6 is 0 Å². The van der Waals surface area contributed by atoms with Crippen LogP contribution in [0.1, 0.15) is 39.9 Å². The van der Waals surface area contributed by atoms with Gasteiger partial charge in [0.05, 0.1) is 5.69 Å². The average molecular weight is 386 g/mol. The number of carbonyl (C=O) groups is 1. The van der Waals surface area contributed by atoms with E-state index in [2.05, 4.69) is 20.8 Å². The van der Waals surface area contributed by atoms with Gasteiger partial charge in [-0.2, -0.15) is 0 Å². The molecule has 28 heavy (non-hydrogen) atoms. The van der Waals surface area contributed by atoms with Gasteiger partial charge >= 0.3 is 0 Å². The standard InChI is InChI=1S/C21H31N5O2/c1-6-22-21(24-13-11-19-15(2)25-28-16(19)3)23-12-10-17-8-7-9-18(14-17)20(27)26(4)5/h7-9,14H,6,10-13H2,1-5H3,(H2,22,23,24). The Morgan fingerprint density at radius 3 is 2.64 bits per heavy atom. The van der Waals surface area contributed by atoms with Crippen LogP contribution in [-0.2, 0) is 12.8 Å². The van der Waals surface area contributed by atoms with E-state index in [-0.39, 0.29) is 5.91 Å². The molecule has 2 rings (SSSR count). The highest BCUT2D eigenvalue weighted by molar-refractivity contribution is 5.94. The summed E-state index contributed by atoms with van der Waals surface area (Å²) in [6.07, 6.45) is 1.61. The highest BCUT2D eigenvalue weighted by atomic mass is 16.5. The third kappa shape index (κ3) is 6.11. The summed E-state index contributed by atoms with van der Waals surface area (Å²) in [6.45, 7) is 8.11. The van der Waals surface area contributed by atoms with Crippen molar-refractivity contribution in [3.05, 3.63) is 52.4 Å². The van der Waals surface area contributed by atoms with E-state index in [0.29, 0.717) is 12.1 Å². The summed E-state index contributed by atoms with van der Waals surface area (Å²) in [7, 11) is 3.52. The fourth-order valence-corrected chi connectivity index (χ4v) is 2.92. The van der Waals surface area contributed by atoms with Gasteiger partial charge in [-0.1, -0.05) is 17.3 Å². The summed E-state index contributed by atoms with van der Waals surface area (Å²) in [5.41, 5.74) is 3.88. The number of benzene rings is 1. The lowest BCUT2D eigenvalue weighted by atomic mass is 10.1. The van der Waals surface area contributed by atoms with E-state index in [9.17, 15) is 4.79 Å². The second kappa shape index (κ2) is 10.5. The van der Waals surface area contributed by atoms with Crippen LogP contribution in [0.15, 0.2) is 33.8 Å². The molecule has 0 saturated carbocycles. The molecule has 1 aromatic carbocycles. The van der Waals surface area contributed by atoms with Gasteiger partial charge in [0.15, 0.2) is 5.96 Å². The number of nitrogens with one attached hydrogen (secondary N) is 2. The monoisotopic (exact) mass is 385 g/mol. The van der Waals surface area contributed by atoms with Crippen LogP contribution in [0, 0.1) is 13.8 Å². The van der Waals surface area contributed by atoms with E-state index in [1.165, 1.54) is 0 Å². The van der Waals surface area contributed by atoms with Gasteiger partial charge in [0.1, 0.15) is 5.76 Å².